The van der Waals surface area contributed by atoms with Crippen LogP contribution in [-0.4, -0.2) is 6.04 Å². The van der Waals surface area contributed by atoms with Crippen molar-refractivity contribution < 1.29 is 4.74 Å². The highest BCUT2D eigenvalue weighted by molar-refractivity contribution is 5.36. The number of rotatable bonds is 3. The van der Waals surface area contributed by atoms with Gasteiger partial charge in [0.25, 0.3) is 0 Å². The summed E-state index contributed by atoms with van der Waals surface area (Å²) in [5.74, 6) is 2.29. The second-order valence-corrected chi connectivity index (χ2v) is 4.49. The van der Waals surface area contributed by atoms with Gasteiger partial charge in [-0.1, -0.05) is 30.3 Å². The fraction of sp³-hybridized carbons (Fsp3) is 0.200. The molecule has 1 saturated carbocycles. The van der Waals surface area contributed by atoms with E-state index in [2.05, 4.69) is 12.1 Å². The van der Waals surface area contributed by atoms with Gasteiger partial charge >= 0.3 is 0 Å². The quantitative estimate of drug-likeness (QED) is 0.869. The summed E-state index contributed by atoms with van der Waals surface area (Å²) in [5, 5.41) is 0. The monoisotopic (exact) mass is 225 g/mol. The zero-order valence-electron chi connectivity index (χ0n) is 9.54. The van der Waals surface area contributed by atoms with Crippen molar-refractivity contribution in [1.29, 1.82) is 0 Å². The van der Waals surface area contributed by atoms with Crippen LogP contribution >= 0.6 is 0 Å². The fourth-order valence-electron chi connectivity index (χ4n) is 2.01. The molecule has 0 aliphatic heterocycles. The summed E-state index contributed by atoms with van der Waals surface area (Å²) in [6.07, 6.45) is 1.11. The molecule has 3 rings (SSSR count). The van der Waals surface area contributed by atoms with E-state index in [1.54, 1.807) is 0 Å². The number of hydrogen-bond acceptors (Lipinski definition) is 2. The van der Waals surface area contributed by atoms with E-state index >= 15 is 0 Å². The Morgan fingerprint density at radius 3 is 2.06 bits per heavy atom. The van der Waals surface area contributed by atoms with Crippen molar-refractivity contribution >= 4 is 0 Å². The Morgan fingerprint density at radius 1 is 0.882 bits per heavy atom. The maximum Gasteiger partial charge on any atom is 0.127 e. The molecule has 1 aliphatic rings. The van der Waals surface area contributed by atoms with Crippen LogP contribution in [0.5, 0.6) is 11.5 Å². The first-order valence-electron chi connectivity index (χ1n) is 5.91. The zero-order chi connectivity index (χ0) is 11.7. The maximum atomic E-state index is 5.83. The molecule has 0 spiro atoms. The summed E-state index contributed by atoms with van der Waals surface area (Å²) in [5.41, 5.74) is 7.15. The van der Waals surface area contributed by atoms with Gasteiger partial charge < -0.3 is 10.5 Å². The number of para-hydroxylation sites is 1. The Balaban J connectivity index is 1.72. The standard InChI is InChI=1S/C15H15NO/c16-15-10-14(15)11-6-8-13(9-7-11)17-12-4-2-1-3-5-12/h1-9,14-15H,10,16H2/t14?,15-/m1/s1. The Labute approximate surface area is 101 Å². The Bertz CT molecular complexity index is 492. The van der Waals surface area contributed by atoms with Gasteiger partial charge in [0.15, 0.2) is 0 Å². The second-order valence-electron chi connectivity index (χ2n) is 4.49. The average Bonchev–Trinajstić information content (AvgIpc) is 3.09. The predicted molar refractivity (Wildman–Crippen MR) is 68.3 cm³/mol. The molecule has 17 heavy (non-hydrogen) atoms. The molecule has 2 N–H and O–H groups in total. The van der Waals surface area contributed by atoms with Crippen LogP contribution < -0.4 is 10.5 Å². The maximum absolute atomic E-state index is 5.83. The molecule has 86 valence electrons. The first-order chi connectivity index (χ1) is 8.33. The molecule has 2 aromatic rings. The van der Waals surface area contributed by atoms with Gasteiger partial charge in [0, 0.05) is 12.0 Å². The zero-order valence-corrected chi connectivity index (χ0v) is 9.54. The van der Waals surface area contributed by atoms with Crippen LogP contribution in [0.1, 0.15) is 17.9 Å². The van der Waals surface area contributed by atoms with Crippen molar-refractivity contribution in [3.8, 4) is 11.5 Å². The number of ether oxygens (including phenoxy) is 1. The summed E-state index contributed by atoms with van der Waals surface area (Å²) >= 11 is 0. The lowest BCUT2D eigenvalue weighted by atomic mass is 10.1. The normalized spacial score (nSPS) is 22.2. The van der Waals surface area contributed by atoms with E-state index in [1.807, 2.05) is 42.5 Å². The van der Waals surface area contributed by atoms with Crippen molar-refractivity contribution in [1.82, 2.24) is 0 Å². The molecule has 0 heterocycles. The number of hydrogen-bond donors (Lipinski definition) is 1. The van der Waals surface area contributed by atoms with Crippen LogP contribution in [0.25, 0.3) is 0 Å². The topological polar surface area (TPSA) is 35.2 Å². The molecule has 2 nitrogen and oxygen atoms in total. The van der Waals surface area contributed by atoms with Crippen LogP contribution in [0.2, 0.25) is 0 Å². The molecule has 0 aromatic heterocycles. The largest absolute Gasteiger partial charge is 0.457 e. The van der Waals surface area contributed by atoms with Crippen LogP contribution in [0.4, 0.5) is 0 Å². The highest BCUT2D eigenvalue weighted by atomic mass is 16.5. The third-order valence-corrected chi connectivity index (χ3v) is 3.13. The van der Waals surface area contributed by atoms with E-state index in [0.29, 0.717) is 12.0 Å². The third kappa shape index (κ3) is 2.32. The first kappa shape index (κ1) is 10.4. The van der Waals surface area contributed by atoms with Gasteiger partial charge in [0.05, 0.1) is 0 Å². The van der Waals surface area contributed by atoms with E-state index in [0.717, 1.165) is 17.9 Å². The Morgan fingerprint density at radius 2 is 1.47 bits per heavy atom. The van der Waals surface area contributed by atoms with Crippen molar-refractivity contribution in [2.75, 3.05) is 0 Å². The second kappa shape index (κ2) is 4.22. The average molecular weight is 225 g/mol. The minimum atomic E-state index is 0.357. The van der Waals surface area contributed by atoms with Gasteiger partial charge in [-0.05, 0) is 36.2 Å². The minimum absolute atomic E-state index is 0.357. The van der Waals surface area contributed by atoms with E-state index < -0.39 is 0 Å². The lowest BCUT2D eigenvalue weighted by Gasteiger charge is -2.06. The minimum Gasteiger partial charge on any atom is -0.457 e. The Hall–Kier alpha value is -1.80. The number of nitrogens with two attached hydrogens (primary N) is 1. The summed E-state index contributed by atoms with van der Waals surface area (Å²) in [4.78, 5) is 0. The predicted octanol–water partition coefficient (Wildman–Crippen LogP) is 3.29. The summed E-state index contributed by atoms with van der Waals surface area (Å²) < 4.78 is 5.73. The molecule has 1 fully saturated rings. The molecule has 0 saturated heterocycles. The molecule has 0 amide bonds. The van der Waals surface area contributed by atoms with Crippen molar-refractivity contribution in [2.45, 2.75) is 18.4 Å². The lowest BCUT2D eigenvalue weighted by Crippen LogP contribution is -2.00. The van der Waals surface area contributed by atoms with Crippen molar-refractivity contribution in [3.63, 3.8) is 0 Å². The lowest BCUT2D eigenvalue weighted by molar-refractivity contribution is 0.482. The van der Waals surface area contributed by atoms with Crippen molar-refractivity contribution in [3.05, 3.63) is 60.2 Å². The van der Waals surface area contributed by atoms with Crippen molar-refractivity contribution in [2.24, 2.45) is 5.73 Å². The van der Waals surface area contributed by atoms with E-state index in [-0.39, 0.29) is 0 Å². The summed E-state index contributed by atoms with van der Waals surface area (Å²) in [6, 6.07) is 18.4. The molecular formula is C15H15NO. The van der Waals surface area contributed by atoms with E-state index in [9.17, 15) is 0 Å². The molecular weight excluding hydrogens is 210 g/mol. The van der Waals surface area contributed by atoms with Gasteiger partial charge in [-0.25, -0.2) is 0 Å². The first-order valence-corrected chi connectivity index (χ1v) is 5.91. The van der Waals surface area contributed by atoms with Gasteiger partial charge in [-0.3, -0.25) is 0 Å². The van der Waals surface area contributed by atoms with Crippen LogP contribution in [0.3, 0.4) is 0 Å². The van der Waals surface area contributed by atoms with Gasteiger partial charge in [0.1, 0.15) is 11.5 Å². The molecule has 1 unspecified atom stereocenters. The molecule has 2 atom stereocenters. The van der Waals surface area contributed by atoms with Gasteiger partial charge in [-0.15, -0.1) is 0 Å². The van der Waals surface area contributed by atoms with Gasteiger partial charge in [-0.2, -0.15) is 0 Å². The highest BCUT2D eigenvalue weighted by Crippen LogP contribution is 2.39. The smallest absolute Gasteiger partial charge is 0.127 e. The van der Waals surface area contributed by atoms with Gasteiger partial charge in [0.2, 0.25) is 0 Å². The fourth-order valence-corrected chi connectivity index (χ4v) is 2.01. The molecule has 2 aromatic carbocycles. The van der Waals surface area contributed by atoms with Crippen LogP contribution in [-0.2, 0) is 0 Å². The SMILES string of the molecule is N[C@@H]1CC1c1ccc(Oc2ccccc2)cc1. The molecule has 0 radical (unpaired) electrons. The van der Waals surface area contributed by atoms with Crippen LogP contribution in [0, 0.1) is 0 Å². The third-order valence-electron chi connectivity index (χ3n) is 3.13. The van der Waals surface area contributed by atoms with E-state index in [4.69, 9.17) is 10.5 Å². The number of benzene rings is 2. The molecule has 0 bridgehead atoms. The summed E-state index contributed by atoms with van der Waals surface area (Å²) in [6.45, 7) is 0. The highest BCUT2D eigenvalue weighted by Gasteiger charge is 2.34. The summed E-state index contributed by atoms with van der Waals surface area (Å²) in [7, 11) is 0. The van der Waals surface area contributed by atoms with E-state index in [1.165, 1.54) is 5.56 Å². The Kier molecular flexibility index (Phi) is 2.57. The van der Waals surface area contributed by atoms with Crippen LogP contribution in [0.15, 0.2) is 54.6 Å². The molecule has 1 aliphatic carbocycles. The molecule has 2 heteroatoms.